The molecule has 3 rings (SSSR count). The molecule has 0 saturated carbocycles. The normalized spacial score (nSPS) is 10.4. The third-order valence-electron chi connectivity index (χ3n) is 3.81. The van der Waals surface area contributed by atoms with Gasteiger partial charge in [-0.15, -0.1) is 0 Å². The Morgan fingerprint density at radius 2 is 1.12 bits per heavy atom. The standard InChI is InChI=1S/C21H15IO2/c1-14-5-7-15(8-6-14)20(23)17-3-2-4-18(13-17)21(24)16-9-11-19(22)12-10-16/h2-13H,1H3. The van der Waals surface area contributed by atoms with Crippen molar-refractivity contribution in [3.05, 3.63) is 104 Å². The SMILES string of the molecule is Cc1ccc(C(=O)c2cccc(C(=O)c3ccc(I)cc3)c2)cc1. The van der Waals surface area contributed by atoms with Gasteiger partial charge in [0.1, 0.15) is 0 Å². The van der Waals surface area contributed by atoms with Crippen LogP contribution in [-0.2, 0) is 0 Å². The van der Waals surface area contributed by atoms with Crippen LogP contribution < -0.4 is 0 Å². The second kappa shape index (κ2) is 7.09. The lowest BCUT2D eigenvalue weighted by molar-refractivity contribution is 0.103. The maximum atomic E-state index is 12.6. The van der Waals surface area contributed by atoms with Crippen LogP contribution in [0.15, 0.2) is 72.8 Å². The molecule has 0 fully saturated rings. The van der Waals surface area contributed by atoms with Crippen molar-refractivity contribution in [2.45, 2.75) is 6.92 Å². The first-order valence-electron chi connectivity index (χ1n) is 7.56. The van der Waals surface area contributed by atoms with Crippen LogP contribution >= 0.6 is 22.6 Å². The summed E-state index contributed by atoms with van der Waals surface area (Å²) in [5, 5.41) is 0. The smallest absolute Gasteiger partial charge is 0.193 e. The van der Waals surface area contributed by atoms with Crippen molar-refractivity contribution < 1.29 is 9.59 Å². The zero-order chi connectivity index (χ0) is 17.1. The van der Waals surface area contributed by atoms with Gasteiger partial charge in [-0.3, -0.25) is 9.59 Å². The summed E-state index contributed by atoms with van der Waals surface area (Å²) in [4.78, 5) is 25.2. The Kier molecular flexibility index (Phi) is 4.90. The maximum Gasteiger partial charge on any atom is 0.193 e. The second-order valence-electron chi connectivity index (χ2n) is 5.61. The quantitative estimate of drug-likeness (QED) is 0.432. The van der Waals surface area contributed by atoms with Gasteiger partial charge in [-0.25, -0.2) is 0 Å². The van der Waals surface area contributed by atoms with E-state index in [-0.39, 0.29) is 11.6 Å². The van der Waals surface area contributed by atoms with E-state index >= 15 is 0 Å². The van der Waals surface area contributed by atoms with Gasteiger partial charge in [-0.05, 0) is 59.8 Å². The summed E-state index contributed by atoms with van der Waals surface area (Å²) in [6, 6.07) is 21.8. The first-order chi connectivity index (χ1) is 11.5. The van der Waals surface area contributed by atoms with Crippen LogP contribution in [-0.4, -0.2) is 11.6 Å². The van der Waals surface area contributed by atoms with E-state index in [1.807, 2.05) is 43.3 Å². The van der Waals surface area contributed by atoms with Gasteiger partial charge in [0, 0.05) is 25.8 Å². The highest BCUT2D eigenvalue weighted by Crippen LogP contribution is 2.16. The van der Waals surface area contributed by atoms with Gasteiger partial charge >= 0.3 is 0 Å². The Morgan fingerprint density at radius 3 is 1.62 bits per heavy atom. The molecule has 0 aliphatic rings. The number of benzene rings is 3. The number of halogens is 1. The molecule has 0 heterocycles. The molecule has 0 saturated heterocycles. The van der Waals surface area contributed by atoms with Gasteiger partial charge in [-0.1, -0.05) is 48.0 Å². The molecule has 0 spiro atoms. The highest BCUT2D eigenvalue weighted by atomic mass is 127. The Balaban J connectivity index is 1.91. The fourth-order valence-corrected chi connectivity index (χ4v) is 2.80. The van der Waals surface area contributed by atoms with E-state index in [1.54, 1.807) is 36.4 Å². The Labute approximate surface area is 154 Å². The molecule has 24 heavy (non-hydrogen) atoms. The van der Waals surface area contributed by atoms with Crippen LogP contribution in [0.1, 0.15) is 37.4 Å². The molecule has 3 aromatic rings. The molecule has 3 aromatic carbocycles. The Bertz CT molecular complexity index is 821. The number of ketones is 2. The molecule has 0 bridgehead atoms. The molecular formula is C21H15IO2. The number of aryl methyl sites for hydroxylation is 1. The fourth-order valence-electron chi connectivity index (χ4n) is 2.44. The summed E-state index contributed by atoms with van der Waals surface area (Å²) in [5.74, 6) is -0.155. The fraction of sp³-hybridized carbons (Fsp3) is 0.0476. The summed E-state index contributed by atoms with van der Waals surface area (Å²) in [5.41, 5.74) is 3.40. The number of rotatable bonds is 4. The lowest BCUT2D eigenvalue weighted by Crippen LogP contribution is -2.06. The zero-order valence-electron chi connectivity index (χ0n) is 13.1. The molecule has 0 N–H and O–H groups in total. The molecule has 0 unspecified atom stereocenters. The van der Waals surface area contributed by atoms with Crippen molar-refractivity contribution in [3.63, 3.8) is 0 Å². The van der Waals surface area contributed by atoms with Crippen LogP contribution in [0, 0.1) is 10.5 Å². The van der Waals surface area contributed by atoms with Gasteiger partial charge in [0.25, 0.3) is 0 Å². The van der Waals surface area contributed by atoms with Crippen molar-refractivity contribution in [3.8, 4) is 0 Å². The van der Waals surface area contributed by atoms with Crippen molar-refractivity contribution in [2.75, 3.05) is 0 Å². The van der Waals surface area contributed by atoms with E-state index in [0.717, 1.165) is 9.13 Å². The minimum Gasteiger partial charge on any atom is -0.289 e. The first kappa shape index (κ1) is 16.6. The summed E-state index contributed by atoms with van der Waals surface area (Å²) >= 11 is 2.20. The minimum absolute atomic E-state index is 0.0766. The number of hydrogen-bond donors (Lipinski definition) is 0. The number of carbonyl (C=O) groups excluding carboxylic acids is 2. The highest BCUT2D eigenvalue weighted by molar-refractivity contribution is 14.1. The van der Waals surface area contributed by atoms with Crippen LogP contribution in [0.25, 0.3) is 0 Å². The molecule has 0 aromatic heterocycles. The van der Waals surface area contributed by atoms with E-state index in [4.69, 9.17) is 0 Å². The molecule has 2 nitrogen and oxygen atoms in total. The van der Waals surface area contributed by atoms with E-state index in [0.29, 0.717) is 22.3 Å². The van der Waals surface area contributed by atoms with Crippen LogP contribution in [0.4, 0.5) is 0 Å². The summed E-state index contributed by atoms with van der Waals surface area (Å²) in [6.07, 6.45) is 0. The molecule has 0 amide bonds. The van der Waals surface area contributed by atoms with Gasteiger partial charge < -0.3 is 0 Å². The van der Waals surface area contributed by atoms with Crippen molar-refractivity contribution in [2.24, 2.45) is 0 Å². The summed E-state index contributed by atoms with van der Waals surface area (Å²) in [6.45, 7) is 1.98. The third kappa shape index (κ3) is 3.62. The van der Waals surface area contributed by atoms with Gasteiger partial charge in [0.2, 0.25) is 0 Å². The van der Waals surface area contributed by atoms with Gasteiger partial charge in [0.15, 0.2) is 11.6 Å². The molecule has 3 heteroatoms. The monoisotopic (exact) mass is 426 g/mol. The van der Waals surface area contributed by atoms with E-state index < -0.39 is 0 Å². The Morgan fingerprint density at radius 1 is 0.667 bits per heavy atom. The van der Waals surface area contributed by atoms with Crippen LogP contribution in [0.5, 0.6) is 0 Å². The van der Waals surface area contributed by atoms with E-state index in [9.17, 15) is 9.59 Å². The van der Waals surface area contributed by atoms with E-state index in [1.165, 1.54) is 0 Å². The number of carbonyl (C=O) groups is 2. The summed E-state index contributed by atoms with van der Waals surface area (Å²) < 4.78 is 1.08. The highest BCUT2D eigenvalue weighted by Gasteiger charge is 2.13. The van der Waals surface area contributed by atoms with Crippen LogP contribution in [0.3, 0.4) is 0 Å². The molecule has 0 aliphatic carbocycles. The second-order valence-corrected chi connectivity index (χ2v) is 6.86. The lowest BCUT2D eigenvalue weighted by Gasteiger charge is -2.05. The predicted molar refractivity (Wildman–Crippen MR) is 104 cm³/mol. The average molecular weight is 426 g/mol. The van der Waals surface area contributed by atoms with Crippen molar-refractivity contribution >= 4 is 34.2 Å². The average Bonchev–Trinajstić information content (AvgIpc) is 2.62. The maximum absolute atomic E-state index is 12.6. The molecule has 0 aliphatic heterocycles. The van der Waals surface area contributed by atoms with Crippen molar-refractivity contribution in [1.82, 2.24) is 0 Å². The predicted octanol–water partition coefficient (Wildman–Crippen LogP) is 5.06. The minimum atomic E-state index is -0.0787. The molecule has 0 atom stereocenters. The zero-order valence-corrected chi connectivity index (χ0v) is 15.3. The van der Waals surface area contributed by atoms with Crippen LogP contribution in [0.2, 0.25) is 0 Å². The topological polar surface area (TPSA) is 34.1 Å². The molecule has 118 valence electrons. The van der Waals surface area contributed by atoms with Gasteiger partial charge in [-0.2, -0.15) is 0 Å². The number of hydrogen-bond acceptors (Lipinski definition) is 2. The summed E-state index contributed by atoms with van der Waals surface area (Å²) in [7, 11) is 0. The molecular weight excluding hydrogens is 411 g/mol. The Hall–Kier alpha value is -2.27. The third-order valence-corrected chi connectivity index (χ3v) is 4.53. The van der Waals surface area contributed by atoms with E-state index in [2.05, 4.69) is 22.6 Å². The first-order valence-corrected chi connectivity index (χ1v) is 8.64. The lowest BCUT2D eigenvalue weighted by atomic mass is 9.97. The molecule has 0 radical (unpaired) electrons. The largest absolute Gasteiger partial charge is 0.289 e. The van der Waals surface area contributed by atoms with Gasteiger partial charge in [0.05, 0.1) is 0 Å². The van der Waals surface area contributed by atoms with Crippen molar-refractivity contribution in [1.29, 1.82) is 0 Å².